The van der Waals surface area contributed by atoms with E-state index in [4.69, 9.17) is 4.52 Å². The Morgan fingerprint density at radius 3 is 2.37 bits per heavy atom. The van der Waals surface area contributed by atoms with Crippen LogP contribution in [0.1, 0.15) is 33.4 Å². The third kappa shape index (κ3) is 7.38. The van der Waals surface area contributed by atoms with E-state index in [1.54, 1.807) is 6.07 Å². The molecule has 0 bridgehead atoms. The highest BCUT2D eigenvalue weighted by atomic mass is 127. The van der Waals surface area contributed by atoms with Crippen LogP contribution in [-0.4, -0.2) is 80.5 Å². The van der Waals surface area contributed by atoms with Crippen LogP contribution in [0.25, 0.3) is 0 Å². The smallest absolute Gasteiger partial charge is 0.227 e. The highest BCUT2D eigenvalue weighted by Crippen LogP contribution is 2.17. The van der Waals surface area contributed by atoms with Gasteiger partial charge in [0.05, 0.1) is 17.7 Å². The molecule has 1 saturated heterocycles. The largest absolute Gasteiger partial charge is 0.364 e. The van der Waals surface area contributed by atoms with Crippen molar-refractivity contribution in [2.75, 3.05) is 45.8 Å². The van der Waals surface area contributed by atoms with Crippen LogP contribution in [0.15, 0.2) is 21.8 Å². The molecule has 1 aromatic rings. The van der Waals surface area contributed by atoms with E-state index in [2.05, 4.69) is 20.8 Å². The molecule has 1 aliphatic heterocycles. The molecule has 10 nitrogen and oxygen atoms in total. The van der Waals surface area contributed by atoms with Gasteiger partial charge in [-0.2, -0.15) is 4.31 Å². The fourth-order valence-corrected chi connectivity index (χ4v) is 4.36. The van der Waals surface area contributed by atoms with E-state index in [-0.39, 0.29) is 35.6 Å². The van der Waals surface area contributed by atoms with Crippen LogP contribution in [0.4, 0.5) is 0 Å². The number of nitrogens with zero attached hydrogens (tertiary/aromatic N) is 4. The predicted molar refractivity (Wildman–Crippen MR) is 126 cm³/mol. The SMILES string of the molecule is CCNC(=O)C(C)(C)CN=C(NCC)N1CCN(S(=O)(=O)Cc2ccon2)CC1.I. The summed E-state index contributed by atoms with van der Waals surface area (Å²) >= 11 is 0. The maximum atomic E-state index is 12.6. The lowest BCUT2D eigenvalue weighted by molar-refractivity contribution is -0.128. The number of hydrogen-bond acceptors (Lipinski definition) is 6. The molecule has 0 atom stereocenters. The number of nitrogens with one attached hydrogen (secondary N) is 2. The average molecular weight is 556 g/mol. The first-order valence-corrected chi connectivity index (χ1v) is 11.5. The van der Waals surface area contributed by atoms with Crippen molar-refractivity contribution in [1.82, 2.24) is 25.0 Å². The Hall–Kier alpha value is -1.41. The minimum atomic E-state index is -3.45. The van der Waals surface area contributed by atoms with Gasteiger partial charge in [0.15, 0.2) is 5.96 Å². The molecule has 0 saturated carbocycles. The number of guanidine groups is 1. The first-order valence-electron chi connectivity index (χ1n) is 9.88. The summed E-state index contributed by atoms with van der Waals surface area (Å²) in [7, 11) is -3.45. The molecule has 12 heteroatoms. The quantitative estimate of drug-likeness (QED) is 0.277. The summed E-state index contributed by atoms with van der Waals surface area (Å²) in [4.78, 5) is 18.9. The minimum absolute atomic E-state index is 0. The van der Waals surface area contributed by atoms with Crippen molar-refractivity contribution in [2.24, 2.45) is 10.4 Å². The van der Waals surface area contributed by atoms with Crippen molar-refractivity contribution >= 4 is 45.9 Å². The minimum Gasteiger partial charge on any atom is -0.364 e. The van der Waals surface area contributed by atoms with Crippen molar-refractivity contribution in [3.8, 4) is 0 Å². The Bertz CT molecular complexity index is 790. The van der Waals surface area contributed by atoms with Crippen LogP contribution in [0.5, 0.6) is 0 Å². The topological polar surface area (TPSA) is 120 Å². The molecule has 1 amide bonds. The number of aromatic nitrogens is 1. The van der Waals surface area contributed by atoms with Gasteiger partial charge in [-0.15, -0.1) is 24.0 Å². The number of halogens is 1. The number of rotatable bonds is 8. The van der Waals surface area contributed by atoms with Crippen LogP contribution in [0.3, 0.4) is 0 Å². The van der Waals surface area contributed by atoms with Gasteiger partial charge >= 0.3 is 0 Å². The van der Waals surface area contributed by atoms with E-state index in [0.29, 0.717) is 57.5 Å². The van der Waals surface area contributed by atoms with E-state index in [1.165, 1.54) is 10.6 Å². The maximum absolute atomic E-state index is 12.6. The van der Waals surface area contributed by atoms with Gasteiger partial charge in [0, 0.05) is 45.3 Å². The van der Waals surface area contributed by atoms with Crippen molar-refractivity contribution in [1.29, 1.82) is 0 Å². The Kier molecular flexibility index (Phi) is 10.5. The first kappa shape index (κ1) is 26.6. The van der Waals surface area contributed by atoms with Crippen molar-refractivity contribution in [2.45, 2.75) is 33.4 Å². The van der Waals surface area contributed by atoms with Gasteiger partial charge in [0.25, 0.3) is 0 Å². The third-order valence-corrected chi connectivity index (χ3v) is 6.48. The molecule has 0 aromatic carbocycles. The number of carbonyl (C=O) groups excluding carboxylic acids is 1. The number of carbonyl (C=O) groups is 1. The van der Waals surface area contributed by atoms with Crippen molar-refractivity contribution in [3.05, 3.63) is 18.0 Å². The molecule has 1 aliphatic rings. The average Bonchev–Trinajstić information content (AvgIpc) is 3.17. The van der Waals surface area contributed by atoms with Crippen LogP contribution >= 0.6 is 24.0 Å². The molecule has 2 N–H and O–H groups in total. The maximum Gasteiger partial charge on any atom is 0.227 e. The number of aliphatic imine (C=N–C) groups is 1. The standard InChI is InChI=1S/C18H32N6O4S.HI/c1-5-19-16(25)18(3,4)14-21-17(20-6-2)23-8-10-24(11-9-23)29(26,27)13-15-7-12-28-22-15;/h7,12H,5-6,8-11,13-14H2,1-4H3,(H,19,25)(H,20,21);1H. The fourth-order valence-electron chi connectivity index (χ4n) is 2.94. The second kappa shape index (κ2) is 11.8. The van der Waals surface area contributed by atoms with Crippen molar-refractivity contribution in [3.63, 3.8) is 0 Å². The predicted octanol–water partition coefficient (Wildman–Crippen LogP) is 0.868. The molecule has 30 heavy (non-hydrogen) atoms. The van der Waals surface area contributed by atoms with E-state index < -0.39 is 15.4 Å². The molecule has 1 aromatic heterocycles. The lowest BCUT2D eigenvalue weighted by Crippen LogP contribution is -2.54. The molecule has 0 aliphatic carbocycles. The molecule has 2 heterocycles. The molecular weight excluding hydrogens is 523 g/mol. The van der Waals surface area contributed by atoms with Crippen LogP contribution in [0.2, 0.25) is 0 Å². The molecular formula is C18H33IN6O4S. The number of amides is 1. The second-order valence-electron chi connectivity index (χ2n) is 7.55. The molecule has 0 radical (unpaired) electrons. The Labute approximate surface area is 195 Å². The monoisotopic (exact) mass is 556 g/mol. The van der Waals surface area contributed by atoms with E-state index in [0.717, 1.165) is 0 Å². The zero-order chi connectivity index (χ0) is 21.5. The Morgan fingerprint density at radius 2 is 1.83 bits per heavy atom. The lowest BCUT2D eigenvalue weighted by Gasteiger charge is -2.36. The first-order chi connectivity index (χ1) is 13.7. The van der Waals surface area contributed by atoms with E-state index >= 15 is 0 Å². The van der Waals surface area contributed by atoms with Crippen LogP contribution in [0, 0.1) is 5.41 Å². The summed E-state index contributed by atoms with van der Waals surface area (Å²) in [5, 5.41) is 9.76. The summed E-state index contributed by atoms with van der Waals surface area (Å²) in [6.45, 7) is 11.0. The summed E-state index contributed by atoms with van der Waals surface area (Å²) in [6.07, 6.45) is 1.37. The van der Waals surface area contributed by atoms with E-state index in [9.17, 15) is 13.2 Å². The normalized spacial score (nSPS) is 16.1. The summed E-state index contributed by atoms with van der Waals surface area (Å²) in [5.74, 6) is 0.486. The molecule has 0 unspecified atom stereocenters. The van der Waals surface area contributed by atoms with Gasteiger partial charge in [-0.05, 0) is 27.7 Å². The van der Waals surface area contributed by atoms with Crippen LogP contribution in [-0.2, 0) is 20.6 Å². The summed E-state index contributed by atoms with van der Waals surface area (Å²) in [5.41, 5.74) is -0.227. The zero-order valence-electron chi connectivity index (χ0n) is 18.0. The number of piperazine rings is 1. The molecule has 2 rings (SSSR count). The fraction of sp³-hybridized carbons (Fsp3) is 0.722. The van der Waals surface area contributed by atoms with Gasteiger partial charge in [-0.1, -0.05) is 5.16 Å². The Morgan fingerprint density at radius 1 is 1.20 bits per heavy atom. The van der Waals surface area contributed by atoms with Gasteiger partial charge in [0.1, 0.15) is 12.0 Å². The highest BCUT2D eigenvalue weighted by molar-refractivity contribution is 14.0. The van der Waals surface area contributed by atoms with Crippen molar-refractivity contribution < 1.29 is 17.7 Å². The van der Waals surface area contributed by atoms with E-state index in [1.807, 2.05) is 32.6 Å². The van der Waals surface area contributed by atoms with Gasteiger partial charge in [0.2, 0.25) is 15.9 Å². The van der Waals surface area contributed by atoms with Gasteiger partial charge in [-0.3, -0.25) is 9.79 Å². The zero-order valence-corrected chi connectivity index (χ0v) is 21.2. The number of sulfonamides is 1. The lowest BCUT2D eigenvalue weighted by atomic mass is 9.92. The molecule has 0 spiro atoms. The van der Waals surface area contributed by atoms with Gasteiger partial charge in [-0.25, -0.2) is 8.42 Å². The Balaban J connectivity index is 0.00000450. The number of hydrogen-bond donors (Lipinski definition) is 2. The highest BCUT2D eigenvalue weighted by Gasteiger charge is 2.30. The second-order valence-corrected chi connectivity index (χ2v) is 9.52. The third-order valence-electron chi connectivity index (χ3n) is 4.66. The summed E-state index contributed by atoms with van der Waals surface area (Å²) < 4.78 is 31.4. The molecule has 172 valence electrons. The molecule has 1 fully saturated rings. The van der Waals surface area contributed by atoms with Crippen LogP contribution < -0.4 is 10.6 Å². The summed E-state index contributed by atoms with van der Waals surface area (Å²) in [6, 6.07) is 1.56. The van der Waals surface area contributed by atoms with Gasteiger partial charge < -0.3 is 20.1 Å².